The Morgan fingerprint density at radius 2 is 1.62 bits per heavy atom. The van der Waals surface area contributed by atoms with E-state index in [1.807, 2.05) is 18.2 Å². The highest BCUT2D eigenvalue weighted by atomic mass is 32.2. The largest absolute Gasteiger partial charge is 0.301 e. The molecule has 3 heterocycles. The number of piperidine rings is 1. The summed E-state index contributed by atoms with van der Waals surface area (Å²) in [5.41, 5.74) is 1.13. The van der Waals surface area contributed by atoms with E-state index >= 15 is 0 Å². The monoisotopic (exact) mass is 591 g/mol. The Bertz CT molecular complexity index is 1380. The van der Waals surface area contributed by atoms with Crippen LogP contribution in [0, 0.1) is 30.1 Å². The first-order valence-corrected chi connectivity index (χ1v) is 17.3. The van der Waals surface area contributed by atoms with Crippen molar-refractivity contribution in [1.29, 1.82) is 0 Å². The van der Waals surface area contributed by atoms with E-state index in [4.69, 9.17) is 0 Å². The maximum atomic E-state index is 13.4. The van der Waals surface area contributed by atoms with Crippen molar-refractivity contribution in [3.8, 4) is 0 Å². The normalized spacial score (nSPS) is 31.6. The van der Waals surface area contributed by atoms with E-state index in [1.54, 1.807) is 18.7 Å². The zero-order valence-corrected chi connectivity index (χ0v) is 25.8. The van der Waals surface area contributed by atoms with Crippen LogP contribution in [0.25, 0.3) is 10.9 Å². The van der Waals surface area contributed by atoms with Gasteiger partial charge >= 0.3 is 0 Å². The zero-order chi connectivity index (χ0) is 28.8. The molecular formula is C33H45N5O3S. The zero-order valence-electron chi connectivity index (χ0n) is 25.0. The van der Waals surface area contributed by atoms with E-state index in [0.29, 0.717) is 28.6 Å². The average Bonchev–Trinajstić information content (AvgIpc) is 2.95. The van der Waals surface area contributed by atoms with E-state index in [-0.39, 0.29) is 17.9 Å². The third kappa shape index (κ3) is 5.81. The minimum absolute atomic E-state index is 0.212. The van der Waals surface area contributed by atoms with Crippen molar-refractivity contribution >= 4 is 34.5 Å². The van der Waals surface area contributed by atoms with Crippen LogP contribution in [0.2, 0.25) is 0 Å². The summed E-state index contributed by atoms with van der Waals surface area (Å²) in [4.78, 5) is 48.5. The number of benzene rings is 1. The van der Waals surface area contributed by atoms with Gasteiger partial charge in [-0.1, -0.05) is 0 Å². The molecule has 8 nitrogen and oxygen atoms in total. The molecule has 0 spiro atoms. The fraction of sp³-hybridized carbons (Fsp3) is 0.697. The molecule has 1 N–H and O–H groups in total. The van der Waals surface area contributed by atoms with Crippen LogP contribution in [0.3, 0.4) is 0 Å². The second kappa shape index (κ2) is 11.7. The molecule has 6 aliphatic rings. The van der Waals surface area contributed by atoms with Gasteiger partial charge in [-0.25, -0.2) is 4.98 Å². The summed E-state index contributed by atoms with van der Waals surface area (Å²) in [5.74, 6) is 3.94. The van der Waals surface area contributed by atoms with Gasteiger partial charge in [0.05, 0.1) is 10.9 Å². The van der Waals surface area contributed by atoms with Crippen LogP contribution in [0.4, 0.5) is 0 Å². The molecule has 8 rings (SSSR count). The number of carbonyl (C=O) groups excluding carboxylic acids is 2. The van der Waals surface area contributed by atoms with Crippen LogP contribution >= 0.6 is 11.8 Å². The van der Waals surface area contributed by atoms with Crippen LogP contribution in [0.15, 0.2) is 27.9 Å². The predicted octanol–water partition coefficient (Wildman–Crippen LogP) is 4.39. The lowest BCUT2D eigenvalue weighted by atomic mass is 9.49. The Morgan fingerprint density at radius 1 is 0.952 bits per heavy atom. The summed E-state index contributed by atoms with van der Waals surface area (Å²) < 4.78 is 1.46. The Morgan fingerprint density at radius 3 is 2.29 bits per heavy atom. The molecule has 2 aromatic rings. The van der Waals surface area contributed by atoms with Gasteiger partial charge in [0.2, 0.25) is 11.8 Å². The highest BCUT2D eigenvalue weighted by Gasteiger charge is 2.50. The van der Waals surface area contributed by atoms with Crippen LogP contribution < -0.4 is 10.9 Å². The first-order valence-electron chi connectivity index (χ1n) is 16.3. The lowest BCUT2D eigenvalue weighted by molar-refractivity contribution is -0.135. The van der Waals surface area contributed by atoms with Crippen LogP contribution in [0.5, 0.6) is 0 Å². The standard InChI is InChI=1S/C33H45N5O3S/c1-22-34-28-4-3-26(18-27(28)32(41)38(22)29-5-6-30(39)35-31(29)40)42-14-2-8-36-10-12-37(13-11-36)9-7-33-19-23-15-24(20-33)17-25(16-23)21-33/h3-4,18,23-25,29H,2,5-17,19-21H2,1H3,(H,35,39,40). The van der Waals surface area contributed by atoms with Crippen molar-refractivity contribution in [3.05, 3.63) is 34.4 Å². The van der Waals surface area contributed by atoms with Gasteiger partial charge < -0.3 is 9.80 Å². The number of piperazine rings is 1. The number of amides is 2. The minimum atomic E-state index is -0.694. The number of hydrogen-bond acceptors (Lipinski definition) is 7. The number of aryl methyl sites for hydroxylation is 1. The fourth-order valence-corrected chi connectivity index (χ4v) is 10.3. The molecule has 4 saturated carbocycles. The molecule has 2 saturated heterocycles. The smallest absolute Gasteiger partial charge is 0.262 e. The first kappa shape index (κ1) is 28.5. The van der Waals surface area contributed by atoms with Crippen molar-refractivity contribution in [1.82, 2.24) is 24.7 Å². The highest BCUT2D eigenvalue weighted by molar-refractivity contribution is 7.99. The lowest BCUT2D eigenvalue weighted by Gasteiger charge is -2.57. The van der Waals surface area contributed by atoms with Gasteiger partial charge in [-0.05, 0) is 125 Å². The number of nitrogens with zero attached hydrogens (tertiary/aromatic N) is 4. The van der Waals surface area contributed by atoms with Gasteiger partial charge in [0.15, 0.2) is 0 Å². The van der Waals surface area contributed by atoms with Crippen LogP contribution in [-0.2, 0) is 9.59 Å². The molecule has 4 aliphatic carbocycles. The summed E-state index contributed by atoms with van der Waals surface area (Å²) in [6.07, 6.45) is 12.3. The van der Waals surface area contributed by atoms with Crippen molar-refractivity contribution < 1.29 is 9.59 Å². The Hall–Kier alpha value is -2.23. The Balaban J connectivity index is 0.877. The molecule has 42 heavy (non-hydrogen) atoms. The number of carbonyl (C=O) groups is 2. The quantitative estimate of drug-likeness (QED) is 0.263. The van der Waals surface area contributed by atoms with Crippen molar-refractivity contribution in [2.24, 2.45) is 23.2 Å². The molecule has 4 bridgehead atoms. The molecule has 6 fully saturated rings. The predicted molar refractivity (Wildman–Crippen MR) is 166 cm³/mol. The molecule has 226 valence electrons. The number of hydrogen-bond donors (Lipinski definition) is 1. The molecule has 0 radical (unpaired) electrons. The number of fused-ring (bicyclic) bond motifs is 1. The van der Waals surface area contributed by atoms with Gasteiger partial charge in [-0.15, -0.1) is 11.8 Å². The maximum absolute atomic E-state index is 13.4. The van der Waals surface area contributed by atoms with E-state index in [2.05, 4.69) is 20.1 Å². The number of thioether (sulfide) groups is 1. The van der Waals surface area contributed by atoms with E-state index in [1.165, 1.54) is 82.2 Å². The van der Waals surface area contributed by atoms with Crippen molar-refractivity contribution in [2.45, 2.75) is 82.1 Å². The van der Waals surface area contributed by atoms with Crippen molar-refractivity contribution in [2.75, 3.05) is 45.0 Å². The Kier molecular flexibility index (Phi) is 7.95. The molecule has 1 aromatic heterocycles. The topological polar surface area (TPSA) is 87.5 Å². The summed E-state index contributed by atoms with van der Waals surface area (Å²) in [5, 5.41) is 2.89. The van der Waals surface area contributed by atoms with E-state index in [9.17, 15) is 14.4 Å². The summed E-state index contributed by atoms with van der Waals surface area (Å²) >= 11 is 1.78. The van der Waals surface area contributed by atoms with Crippen molar-refractivity contribution in [3.63, 3.8) is 0 Å². The molecular weight excluding hydrogens is 546 g/mol. The number of aromatic nitrogens is 2. The maximum Gasteiger partial charge on any atom is 0.262 e. The molecule has 2 aliphatic heterocycles. The third-order valence-electron chi connectivity index (χ3n) is 11.0. The second-order valence-electron chi connectivity index (χ2n) is 14.0. The molecule has 1 atom stereocenters. The van der Waals surface area contributed by atoms with Gasteiger partial charge in [-0.2, -0.15) is 0 Å². The number of rotatable bonds is 9. The third-order valence-corrected chi connectivity index (χ3v) is 12.1. The Labute approximate surface area is 253 Å². The van der Waals surface area contributed by atoms with E-state index in [0.717, 1.165) is 41.4 Å². The fourth-order valence-electron chi connectivity index (χ4n) is 9.38. The van der Waals surface area contributed by atoms with Gasteiger partial charge in [0, 0.05) is 37.5 Å². The minimum Gasteiger partial charge on any atom is -0.301 e. The summed E-state index contributed by atoms with van der Waals surface area (Å²) in [6.45, 7) is 8.92. The number of imide groups is 1. The molecule has 1 unspecified atom stereocenters. The molecule has 9 heteroatoms. The lowest BCUT2D eigenvalue weighted by Crippen LogP contribution is -2.50. The first-order chi connectivity index (χ1) is 20.3. The van der Waals surface area contributed by atoms with E-state index < -0.39 is 11.9 Å². The van der Waals surface area contributed by atoms with Gasteiger partial charge in [-0.3, -0.25) is 24.3 Å². The average molecular weight is 592 g/mol. The van der Waals surface area contributed by atoms with Gasteiger partial charge in [0.1, 0.15) is 11.9 Å². The number of nitrogens with one attached hydrogen (secondary N) is 1. The van der Waals surface area contributed by atoms with Crippen LogP contribution in [0.1, 0.15) is 76.1 Å². The van der Waals surface area contributed by atoms with Crippen LogP contribution in [-0.4, -0.2) is 76.2 Å². The summed E-state index contributed by atoms with van der Waals surface area (Å²) in [7, 11) is 0. The molecule has 1 aromatic carbocycles. The highest BCUT2D eigenvalue weighted by Crippen LogP contribution is 2.61. The van der Waals surface area contributed by atoms with Gasteiger partial charge in [0.25, 0.3) is 5.56 Å². The SMILES string of the molecule is Cc1nc2ccc(SCCCN3CCN(CCC45CC6CC(CC(C6)C4)C5)CC3)cc2c(=O)n1C1CCC(=O)NC1=O. The molecule has 2 amide bonds. The second-order valence-corrected chi connectivity index (χ2v) is 15.2. The summed E-state index contributed by atoms with van der Waals surface area (Å²) in [6, 6.07) is 5.17.